The van der Waals surface area contributed by atoms with Gasteiger partial charge in [-0.1, -0.05) is 23.7 Å². The van der Waals surface area contributed by atoms with Crippen molar-refractivity contribution in [2.75, 3.05) is 6.54 Å². The fourth-order valence-corrected chi connectivity index (χ4v) is 2.88. The molecule has 2 heterocycles. The Morgan fingerprint density at radius 2 is 2.09 bits per heavy atom. The van der Waals surface area contributed by atoms with E-state index in [4.69, 9.17) is 16.0 Å². The summed E-state index contributed by atoms with van der Waals surface area (Å²) in [7, 11) is 0. The van der Waals surface area contributed by atoms with Gasteiger partial charge >= 0.3 is 0 Å². The summed E-state index contributed by atoms with van der Waals surface area (Å²) >= 11 is 7.30. The van der Waals surface area contributed by atoms with Crippen molar-refractivity contribution in [1.29, 1.82) is 0 Å². The molecule has 2 aromatic heterocycles. The minimum absolute atomic E-state index is 0.178. The second-order valence-corrected chi connectivity index (χ2v) is 5.92. The molecule has 0 aliphatic heterocycles. The summed E-state index contributed by atoms with van der Waals surface area (Å²) in [5.41, 5.74) is 1.37. The Bertz CT molecular complexity index is 751. The molecule has 0 saturated carbocycles. The van der Waals surface area contributed by atoms with Crippen molar-refractivity contribution in [2.24, 2.45) is 0 Å². The molecule has 0 radical (unpaired) electrons. The quantitative estimate of drug-likeness (QED) is 0.767. The summed E-state index contributed by atoms with van der Waals surface area (Å²) in [6.07, 6.45) is 2.28. The first-order chi connectivity index (χ1) is 10.7. The van der Waals surface area contributed by atoms with Crippen LogP contribution >= 0.6 is 22.9 Å². The van der Waals surface area contributed by atoms with Crippen molar-refractivity contribution in [3.8, 4) is 10.6 Å². The molecular formula is C16H13ClN2O2S. The van der Waals surface area contributed by atoms with Crippen LogP contribution in [0, 0.1) is 0 Å². The number of aromatic nitrogens is 1. The maximum atomic E-state index is 12.1. The third kappa shape index (κ3) is 3.55. The standard InChI is InChI=1S/C16H13ClN2O2S/c17-12-5-3-11(4-6-12)16-19-14(10-22-16)15(20)18-8-7-13-2-1-9-21-13/h1-6,9-10H,7-8H2,(H,18,20). The second kappa shape index (κ2) is 6.77. The first-order valence-corrected chi connectivity index (χ1v) is 8.00. The number of nitrogens with one attached hydrogen (secondary N) is 1. The molecule has 0 saturated heterocycles. The Balaban J connectivity index is 1.60. The van der Waals surface area contributed by atoms with Gasteiger partial charge in [-0.2, -0.15) is 0 Å². The van der Waals surface area contributed by atoms with Crippen LogP contribution in [0.4, 0.5) is 0 Å². The number of carbonyl (C=O) groups is 1. The SMILES string of the molecule is O=C(NCCc1ccco1)c1csc(-c2ccc(Cl)cc2)n1. The normalized spacial score (nSPS) is 10.6. The minimum atomic E-state index is -0.178. The van der Waals surface area contributed by atoms with Crippen LogP contribution in [0.5, 0.6) is 0 Å². The van der Waals surface area contributed by atoms with Gasteiger partial charge in [0.05, 0.1) is 6.26 Å². The Morgan fingerprint density at radius 3 is 2.82 bits per heavy atom. The number of hydrogen-bond donors (Lipinski definition) is 1. The van der Waals surface area contributed by atoms with Gasteiger partial charge in [0.1, 0.15) is 16.5 Å². The maximum absolute atomic E-state index is 12.1. The van der Waals surface area contributed by atoms with Crippen molar-refractivity contribution >= 4 is 28.8 Å². The van der Waals surface area contributed by atoms with E-state index < -0.39 is 0 Å². The number of benzene rings is 1. The number of thiazole rings is 1. The molecular weight excluding hydrogens is 320 g/mol. The topological polar surface area (TPSA) is 55.1 Å². The predicted molar refractivity (Wildman–Crippen MR) is 87.3 cm³/mol. The molecule has 3 rings (SSSR count). The first-order valence-electron chi connectivity index (χ1n) is 6.74. The molecule has 4 nitrogen and oxygen atoms in total. The van der Waals surface area contributed by atoms with E-state index in [1.807, 2.05) is 24.3 Å². The van der Waals surface area contributed by atoms with Gasteiger partial charge in [-0.25, -0.2) is 4.98 Å². The van der Waals surface area contributed by atoms with Crippen LogP contribution in [0.15, 0.2) is 52.5 Å². The molecule has 22 heavy (non-hydrogen) atoms. The van der Waals surface area contributed by atoms with Gasteiger partial charge in [0.2, 0.25) is 0 Å². The fraction of sp³-hybridized carbons (Fsp3) is 0.125. The van der Waals surface area contributed by atoms with Crippen molar-refractivity contribution in [2.45, 2.75) is 6.42 Å². The van der Waals surface area contributed by atoms with Gasteiger partial charge in [0.15, 0.2) is 0 Å². The van der Waals surface area contributed by atoms with Crippen LogP contribution in [0.2, 0.25) is 5.02 Å². The Labute approximate surface area is 136 Å². The molecule has 1 N–H and O–H groups in total. The molecule has 0 unspecified atom stereocenters. The average molecular weight is 333 g/mol. The molecule has 6 heteroatoms. The molecule has 112 valence electrons. The van der Waals surface area contributed by atoms with Crippen molar-refractivity contribution < 1.29 is 9.21 Å². The van der Waals surface area contributed by atoms with Crippen LogP contribution < -0.4 is 5.32 Å². The highest BCUT2D eigenvalue weighted by Gasteiger charge is 2.11. The smallest absolute Gasteiger partial charge is 0.270 e. The van der Waals surface area contributed by atoms with E-state index in [0.29, 0.717) is 23.7 Å². The molecule has 0 atom stereocenters. The lowest BCUT2D eigenvalue weighted by Crippen LogP contribution is -2.25. The predicted octanol–water partition coefficient (Wildman–Crippen LogP) is 4.03. The van der Waals surface area contributed by atoms with Crippen LogP contribution in [0.25, 0.3) is 10.6 Å². The second-order valence-electron chi connectivity index (χ2n) is 4.63. The highest BCUT2D eigenvalue weighted by molar-refractivity contribution is 7.13. The van der Waals surface area contributed by atoms with Crippen LogP contribution in [-0.2, 0) is 6.42 Å². The molecule has 0 aliphatic carbocycles. The van der Waals surface area contributed by atoms with Crippen molar-refractivity contribution in [3.63, 3.8) is 0 Å². The highest BCUT2D eigenvalue weighted by Crippen LogP contribution is 2.25. The average Bonchev–Trinajstić information content (AvgIpc) is 3.19. The summed E-state index contributed by atoms with van der Waals surface area (Å²) in [5, 5.41) is 6.07. The van der Waals surface area contributed by atoms with Gasteiger partial charge in [-0.3, -0.25) is 4.79 Å². The van der Waals surface area contributed by atoms with E-state index in [1.54, 1.807) is 23.8 Å². The van der Waals surface area contributed by atoms with Crippen LogP contribution in [0.3, 0.4) is 0 Å². The number of rotatable bonds is 5. The number of nitrogens with zero attached hydrogens (tertiary/aromatic N) is 1. The summed E-state index contributed by atoms with van der Waals surface area (Å²) in [5.74, 6) is 0.670. The van der Waals surface area contributed by atoms with E-state index in [-0.39, 0.29) is 5.91 Å². The number of halogens is 1. The monoisotopic (exact) mass is 332 g/mol. The van der Waals surface area contributed by atoms with Crippen LogP contribution in [0.1, 0.15) is 16.2 Å². The molecule has 0 aliphatic rings. The molecule has 0 fully saturated rings. The molecule has 3 aromatic rings. The molecule has 0 bridgehead atoms. The zero-order chi connectivity index (χ0) is 15.4. The number of hydrogen-bond acceptors (Lipinski definition) is 4. The Kier molecular flexibility index (Phi) is 4.56. The van der Waals surface area contributed by atoms with Gasteiger partial charge in [-0.05, 0) is 24.3 Å². The third-order valence-corrected chi connectivity index (χ3v) is 4.21. The lowest BCUT2D eigenvalue weighted by molar-refractivity contribution is 0.0949. The lowest BCUT2D eigenvalue weighted by Gasteiger charge is -2.01. The van der Waals surface area contributed by atoms with E-state index in [0.717, 1.165) is 16.3 Å². The summed E-state index contributed by atoms with van der Waals surface area (Å²) in [6, 6.07) is 11.1. The van der Waals surface area contributed by atoms with Crippen molar-refractivity contribution in [3.05, 3.63) is 64.5 Å². The zero-order valence-corrected chi connectivity index (χ0v) is 13.2. The number of furan rings is 1. The summed E-state index contributed by atoms with van der Waals surface area (Å²) < 4.78 is 5.22. The van der Waals surface area contributed by atoms with E-state index in [2.05, 4.69) is 10.3 Å². The fourth-order valence-electron chi connectivity index (χ4n) is 1.95. The third-order valence-electron chi connectivity index (χ3n) is 3.07. The minimum Gasteiger partial charge on any atom is -0.469 e. The van der Waals surface area contributed by atoms with Gasteiger partial charge < -0.3 is 9.73 Å². The Morgan fingerprint density at radius 1 is 1.27 bits per heavy atom. The zero-order valence-electron chi connectivity index (χ0n) is 11.6. The van der Waals surface area contributed by atoms with Gasteiger partial charge in [0, 0.05) is 28.9 Å². The van der Waals surface area contributed by atoms with E-state index >= 15 is 0 Å². The highest BCUT2D eigenvalue weighted by atomic mass is 35.5. The van der Waals surface area contributed by atoms with E-state index in [9.17, 15) is 4.79 Å². The number of carbonyl (C=O) groups excluding carboxylic acids is 1. The van der Waals surface area contributed by atoms with Gasteiger partial charge in [-0.15, -0.1) is 11.3 Å². The molecule has 0 spiro atoms. The lowest BCUT2D eigenvalue weighted by atomic mass is 10.2. The molecule has 1 aromatic carbocycles. The largest absolute Gasteiger partial charge is 0.469 e. The first kappa shape index (κ1) is 14.8. The van der Waals surface area contributed by atoms with Crippen molar-refractivity contribution in [1.82, 2.24) is 10.3 Å². The Hall–Kier alpha value is -2.11. The summed E-state index contributed by atoms with van der Waals surface area (Å²) in [4.78, 5) is 16.4. The molecule has 1 amide bonds. The van der Waals surface area contributed by atoms with E-state index in [1.165, 1.54) is 11.3 Å². The number of amides is 1. The van der Waals surface area contributed by atoms with Crippen LogP contribution in [-0.4, -0.2) is 17.4 Å². The van der Waals surface area contributed by atoms with Gasteiger partial charge in [0.25, 0.3) is 5.91 Å². The summed E-state index contributed by atoms with van der Waals surface area (Å²) in [6.45, 7) is 0.514. The maximum Gasteiger partial charge on any atom is 0.270 e.